The number of rotatable bonds is 11. The van der Waals surface area contributed by atoms with Crippen LogP contribution in [0.15, 0.2) is 85.1 Å². The van der Waals surface area contributed by atoms with Crippen LogP contribution in [0.25, 0.3) is 0 Å². The third kappa shape index (κ3) is 7.24. The summed E-state index contributed by atoms with van der Waals surface area (Å²) in [7, 11) is -0.311. The first-order chi connectivity index (χ1) is 19.3. The van der Waals surface area contributed by atoms with Crippen molar-refractivity contribution in [3.63, 3.8) is 0 Å². The molecule has 1 saturated heterocycles. The van der Waals surface area contributed by atoms with Gasteiger partial charge in [0.25, 0.3) is 0 Å². The Kier molecular flexibility index (Phi) is 9.71. The maximum Gasteiger partial charge on any atom is 0.127 e. The zero-order chi connectivity index (χ0) is 29.8. The molecule has 41 heavy (non-hydrogen) atoms. The van der Waals surface area contributed by atoms with Gasteiger partial charge in [0.1, 0.15) is 40.6 Å². The van der Waals surface area contributed by atoms with E-state index < -0.39 is 7.26 Å². The van der Waals surface area contributed by atoms with Crippen molar-refractivity contribution in [1.29, 1.82) is 0 Å². The number of benzene rings is 3. The van der Waals surface area contributed by atoms with E-state index in [0.717, 1.165) is 60.1 Å². The molecule has 0 aromatic heterocycles. The average Bonchev–Trinajstić information content (AvgIpc) is 2.89. The van der Waals surface area contributed by atoms with E-state index in [1.807, 2.05) is 18.2 Å². The number of allylic oxidation sites excluding steroid dienone is 1. The molecule has 0 bridgehead atoms. The van der Waals surface area contributed by atoms with Crippen LogP contribution in [0.2, 0.25) is 0 Å². The molecule has 1 aliphatic rings. The average molecular weight is 582 g/mol. The van der Waals surface area contributed by atoms with Crippen LogP contribution >= 0.6 is 7.26 Å². The smallest absolute Gasteiger partial charge is 0.127 e. The van der Waals surface area contributed by atoms with E-state index in [1.165, 1.54) is 18.2 Å². The van der Waals surface area contributed by atoms with Crippen LogP contribution in [0, 0.1) is 17.5 Å². The Morgan fingerprint density at radius 1 is 0.780 bits per heavy atom. The standard InChI is InChI=1S/C35H45F3N2P/c1-26(39-30-24-34(2,3)40(6)35(4,5)25-30)13-8-7-9-20-41(31-17-10-14-27(36)21-31,32-18-11-15-28(37)22-32)33-19-12-16-29(38)23-33/h10-12,14-19,21-23,30,39H,1,7-9,13,20,24-25H2,2-6H3/q+1. The molecule has 1 N–H and O–H groups in total. The molecule has 1 heterocycles. The van der Waals surface area contributed by atoms with Gasteiger partial charge in [-0.3, -0.25) is 4.90 Å². The Bertz CT molecular complexity index is 1220. The summed E-state index contributed by atoms with van der Waals surface area (Å²) >= 11 is 0. The van der Waals surface area contributed by atoms with E-state index in [0.29, 0.717) is 12.2 Å². The highest BCUT2D eigenvalue weighted by Gasteiger charge is 2.46. The molecule has 6 heteroatoms. The molecule has 220 valence electrons. The van der Waals surface area contributed by atoms with Gasteiger partial charge in [-0.15, -0.1) is 0 Å². The van der Waals surface area contributed by atoms with Gasteiger partial charge in [0, 0.05) is 41.0 Å². The fourth-order valence-electron chi connectivity index (χ4n) is 6.67. The van der Waals surface area contributed by atoms with Gasteiger partial charge in [0.2, 0.25) is 0 Å². The van der Waals surface area contributed by atoms with Crippen LogP contribution in [0.5, 0.6) is 0 Å². The zero-order valence-corrected chi connectivity index (χ0v) is 26.1. The fourth-order valence-corrected chi connectivity index (χ4v) is 11.1. The van der Waals surface area contributed by atoms with Crippen molar-refractivity contribution in [2.75, 3.05) is 13.2 Å². The van der Waals surface area contributed by atoms with Gasteiger partial charge in [-0.05, 0) is 110 Å². The summed E-state index contributed by atoms with van der Waals surface area (Å²) in [6, 6.07) is 20.1. The van der Waals surface area contributed by atoms with E-state index in [4.69, 9.17) is 0 Å². The van der Waals surface area contributed by atoms with E-state index in [-0.39, 0.29) is 28.5 Å². The molecule has 0 radical (unpaired) electrons. The molecular formula is C35H45F3N2P+. The Labute approximate surface area is 245 Å². The summed E-state index contributed by atoms with van der Waals surface area (Å²) in [6.07, 6.45) is 6.44. The second-order valence-corrected chi connectivity index (χ2v) is 16.4. The number of nitrogens with zero attached hydrogens (tertiary/aromatic N) is 1. The predicted molar refractivity (Wildman–Crippen MR) is 170 cm³/mol. The monoisotopic (exact) mass is 581 g/mol. The lowest BCUT2D eigenvalue weighted by atomic mass is 9.77. The third-order valence-corrected chi connectivity index (χ3v) is 13.4. The number of nitrogens with one attached hydrogen (secondary N) is 1. The minimum absolute atomic E-state index is 0.109. The lowest BCUT2D eigenvalue weighted by Gasteiger charge is -2.54. The van der Waals surface area contributed by atoms with Crippen molar-refractivity contribution in [3.05, 3.63) is 103 Å². The molecule has 4 rings (SSSR count). The molecule has 0 amide bonds. The Morgan fingerprint density at radius 2 is 1.22 bits per heavy atom. The Balaban J connectivity index is 1.49. The van der Waals surface area contributed by atoms with Crippen LogP contribution in [0.1, 0.15) is 66.2 Å². The van der Waals surface area contributed by atoms with E-state index in [1.54, 1.807) is 36.4 Å². The van der Waals surface area contributed by atoms with Crippen LogP contribution in [-0.4, -0.2) is 35.2 Å². The molecule has 3 aromatic carbocycles. The molecule has 0 spiro atoms. The molecule has 1 fully saturated rings. The van der Waals surface area contributed by atoms with Crippen LogP contribution in [-0.2, 0) is 0 Å². The first-order valence-corrected chi connectivity index (χ1v) is 16.7. The number of hydrogen-bond acceptors (Lipinski definition) is 2. The summed E-state index contributed by atoms with van der Waals surface area (Å²) in [4.78, 5) is 2.48. The lowest BCUT2D eigenvalue weighted by molar-refractivity contribution is -0.0164. The quantitative estimate of drug-likeness (QED) is 0.184. The third-order valence-electron chi connectivity index (χ3n) is 8.94. The van der Waals surface area contributed by atoms with Crippen molar-refractivity contribution < 1.29 is 13.2 Å². The van der Waals surface area contributed by atoms with Gasteiger partial charge < -0.3 is 5.32 Å². The molecule has 0 atom stereocenters. The maximum absolute atomic E-state index is 14.6. The van der Waals surface area contributed by atoms with Gasteiger partial charge in [-0.2, -0.15) is 0 Å². The largest absolute Gasteiger partial charge is 0.386 e. The molecular weight excluding hydrogens is 536 g/mol. The highest BCUT2D eigenvalue weighted by atomic mass is 31.2. The SMILES string of the molecule is C=C(CCCCC[P+](c1cccc(F)c1)(c1cccc(F)c1)c1cccc(F)c1)NC1CC(C)(C)N(C)C(C)(C)C1. The molecule has 1 aliphatic heterocycles. The number of halogens is 3. The summed E-state index contributed by atoms with van der Waals surface area (Å²) in [5.41, 5.74) is 1.28. The van der Waals surface area contributed by atoms with Gasteiger partial charge in [-0.1, -0.05) is 24.8 Å². The van der Waals surface area contributed by atoms with E-state index in [9.17, 15) is 13.2 Å². The summed E-state index contributed by atoms with van der Waals surface area (Å²) in [5, 5.41) is 6.11. The molecule has 3 aromatic rings. The minimum atomic E-state index is -2.52. The van der Waals surface area contributed by atoms with Crippen molar-refractivity contribution in [1.82, 2.24) is 10.2 Å². The molecule has 0 unspecified atom stereocenters. The number of piperidine rings is 1. The molecule has 0 aliphatic carbocycles. The van der Waals surface area contributed by atoms with Crippen molar-refractivity contribution >= 4 is 23.2 Å². The second kappa shape index (κ2) is 12.7. The Morgan fingerprint density at radius 3 is 1.63 bits per heavy atom. The zero-order valence-electron chi connectivity index (χ0n) is 25.2. The lowest BCUT2D eigenvalue weighted by Crippen LogP contribution is -2.62. The minimum Gasteiger partial charge on any atom is -0.386 e. The number of hydrogen-bond donors (Lipinski definition) is 1. The summed E-state index contributed by atoms with van der Waals surface area (Å²) in [6.45, 7) is 13.5. The first kappa shape index (κ1) is 31.3. The topological polar surface area (TPSA) is 15.3 Å². The number of likely N-dealkylation sites (tertiary alicyclic amines) is 1. The van der Waals surface area contributed by atoms with Crippen LogP contribution in [0.4, 0.5) is 13.2 Å². The van der Waals surface area contributed by atoms with Crippen molar-refractivity contribution in [2.24, 2.45) is 0 Å². The number of unbranched alkanes of at least 4 members (excludes halogenated alkanes) is 2. The van der Waals surface area contributed by atoms with Crippen LogP contribution in [0.3, 0.4) is 0 Å². The molecule has 2 nitrogen and oxygen atoms in total. The van der Waals surface area contributed by atoms with Crippen molar-refractivity contribution in [3.8, 4) is 0 Å². The normalized spacial score (nSPS) is 17.4. The van der Waals surface area contributed by atoms with E-state index in [2.05, 4.69) is 51.5 Å². The fraction of sp³-hybridized carbons (Fsp3) is 0.429. The molecule has 0 saturated carbocycles. The van der Waals surface area contributed by atoms with Gasteiger partial charge in [0.15, 0.2) is 0 Å². The Hall–Kier alpha value is -2.62. The van der Waals surface area contributed by atoms with Crippen LogP contribution < -0.4 is 21.2 Å². The van der Waals surface area contributed by atoms with E-state index >= 15 is 0 Å². The van der Waals surface area contributed by atoms with Gasteiger partial charge >= 0.3 is 0 Å². The van der Waals surface area contributed by atoms with Gasteiger partial charge in [0.05, 0.1) is 6.16 Å². The predicted octanol–water partition coefficient (Wildman–Crippen LogP) is 7.71. The first-order valence-electron chi connectivity index (χ1n) is 14.7. The van der Waals surface area contributed by atoms with Crippen molar-refractivity contribution in [2.45, 2.75) is 83.3 Å². The maximum atomic E-state index is 14.6. The highest BCUT2D eigenvalue weighted by molar-refractivity contribution is 7.95. The van der Waals surface area contributed by atoms with Gasteiger partial charge in [-0.25, -0.2) is 13.2 Å². The summed E-state index contributed by atoms with van der Waals surface area (Å²) in [5.74, 6) is -1.04. The summed E-state index contributed by atoms with van der Waals surface area (Å²) < 4.78 is 43.7. The second-order valence-electron chi connectivity index (χ2n) is 12.8. The highest BCUT2D eigenvalue weighted by Crippen LogP contribution is 2.56.